The van der Waals surface area contributed by atoms with Crippen LogP contribution >= 0.6 is 22.9 Å². The Morgan fingerprint density at radius 2 is 2.00 bits per heavy atom. The van der Waals surface area contributed by atoms with Gasteiger partial charge in [0.2, 0.25) is 0 Å². The van der Waals surface area contributed by atoms with E-state index < -0.39 is 12.1 Å². The molecule has 0 amide bonds. The smallest absolute Gasteiger partial charge is 0.395 e. The number of fused-ring (bicyclic) bond motifs is 1. The van der Waals surface area contributed by atoms with Crippen LogP contribution in [0.15, 0.2) is 18.3 Å². The highest BCUT2D eigenvalue weighted by atomic mass is 35.5. The maximum Gasteiger partial charge on any atom is 0.586 e. The van der Waals surface area contributed by atoms with Gasteiger partial charge in [0.05, 0.1) is 12.2 Å². The van der Waals surface area contributed by atoms with E-state index in [0.29, 0.717) is 4.47 Å². The quantitative estimate of drug-likeness (QED) is 0.931. The summed E-state index contributed by atoms with van der Waals surface area (Å²) in [6.45, 7) is 0.261. The second kappa shape index (κ2) is 4.71. The zero-order valence-electron chi connectivity index (χ0n) is 9.62. The van der Waals surface area contributed by atoms with Gasteiger partial charge in [0.15, 0.2) is 16.0 Å². The molecule has 1 N–H and O–H groups in total. The number of halogens is 4. The van der Waals surface area contributed by atoms with Crippen molar-refractivity contribution in [3.8, 4) is 11.5 Å². The van der Waals surface area contributed by atoms with Gasteiger partial charge >= 0.3 is 6.29 Å². The molecule has 3 rings (SSSR count). The topological polar surface area (TPSA) is 43.4 Å². The number of nitrogens with one attached hydrogen (secondary N) is 1. The highest BCUT2D eigenvalue weighted by molar-refractivity contribution is 7.15. The van der Waals surface area contributed by atoms with Crippen LogP contribution < -0.4 is 14.8 Å². The number of hydrogen-bond acceptors (Lipinski definition) is 5. The second-order valence-electron chi connectivity index (χ2n) is 3.88. The van der Waals surface area contributed by atoms with E-state index in [0.717, 1.165) is 17.0 Å². The predicted molar refractivity (Wildman–Crippen MR) is 67.1 cm³/mol. The van der Waals surface area contributed by atoms with Gasteiger partial charge in [-0.05, 0) is 0 Å². The number of nitrogens with zero attached hydrogens (tertiary/aromatic N) is 1. The number of benzene rings is 1. The molecule has 9 heteroatoms. The normalized spacial score (nSPS) is 15.4. The Balaban J connectivity index is 1.78. The lowest BCUT2D eigenvalue weighted by Crippen LogP contribution is -2.25. The number of hydrogen-bond donors (Lipinski definition) is 1. The van der Waals surface area contributed by atoms with E-state index in [1.54, 1.807) is 6.20 Å². The third-order valence-electron chi connectivity index (χ3n) is 2.47. The molecular formula is C11H6ClF3N2O2S. The number of alkyl halides is 2. The Morgan fingerprint density at radius 3 is 2.65 bits per heavy atom. The average Bonchev–Trinajstić information content (AvgIpc) is 2.88. The van der Waals surface area contributed by atoms with Crippen molar-refractivity contribution in [3.63, 3.8) is 0 Å². The molecule has 1 aliphatic rings. The lowest BCUT2D eigenvalue weighted by Gasteiger charge is -2.06. The number of aromatic nitrogens is 1. The maximum absolute atomic E-state index is 13.7. The summed E-state index contributed by atoms with van der Waals surface area (Å²) >= 11 is 6.90. The monoisotopic (exact) mass is 322 g/mol. The molecular weight excluding hydrogens is 317 g/mol. The first-order chi connectivity index (χ1) is 9.43. The van der Waals surface area contributed by atoms with Gasteiger partial charge in [0.1, 0.15) is 5.82 Å². The summed E-state index contributed by atoms with van der Waals surface area (Å²) in [5.74, 6) is -1.28. The van der Waals surface area contributed by atoms with Gasteiger partial charge in [-0.2, -0.15) is 0 Å². The van der Waals surface area contributed by atoms with E-state index in [4.69, 9.17) is 11.6 Å². The van der Waals surface area contributed by atoms with Crippen LogP contribution in [0.1, 0.15) is 4.88 Å². The lowest BCUT2D eigenvalue weighted by atomic mass is 10.2. The highest BCUT2D eigenvalue weighted by Gasteiger charge is 2.44. The van der Waals surface area contributed by atoms with Gasteiger partial charge < -0.3 is 14.8 Å². The summed E-state index contributed by atoms with van der Waals surface area (Å²) in [5.41, 5.74) is 0.0228. The third kappa shape index (κ3) is 2.61. The van der Waals surface area contributed by atoms with Crippen molar-refractivity contribution in [2.24, 2.45) is 0 Å². The fourth-order valence-corrected chi connectivity index (χ4v) is 2.57. The molecule has 0 atom stereocenters. The SMILES string of the molecule is Fc1cc2c(cc1NCc1cnc(Cl)s1)OC(F)(F)O2. The Morgan fingerprint density at radius 1 is 1.30 bits per heavy atom. The van der Waals surface area contributed by atoms with Crippen LogP contribution in [0.4, 0.5) is 18.9 Å². The average molecular weight is 323 g/mol. The molecule has 1 aliphatic heterocycles. The standard InChI is InChI=1S/C11H6ClF3N2O2S/c12-10-17-4-5(20-10)3-16-7-2-9-8(1-6(7)13)18-11(14,15)19-9/h1-2,4,16H,3H2. The van der Waals surface area contributed by atoms with Crippen molar-refractivity contribution >= 4 is 28.6 Å². The number of anilines is 1. The van der Waals surface area contributed by atoms with Crippen molar-refractivity contribution in [2.45, 2.75) is 12.8 Å². The van der Waals surface area contributed by atoms with E-state index in [-0.39, 0.29) is 23.7 Å². The maximum atomic E-state index is 13.7. The Labute approximate surface area is 120 Å². The van der Waals surface area contributed by atoms with Crippen LogP contribution in [-0.4, -0.2) is 11.3 Å². The van der Waals surface area contributed by atoms with Gasteiger partial charge in [-0.1, -0.05) is 11.6 Å². The lowest BCUT2D eigenvalue weighted by molar-refractivity contribution is -0.286. The number of ether oxygens (including phenoxy) is 2. The first-order valence-corrected chi connectivity index (χ1v) is 6.56. The molecule has 0 saturated carbocycles. The molecule has 0 radical (unpaired) electrons. The second-order valence-corrected chi connectivity index (χ2v) is 5.58. The number of thiazole rings is 1. The minimum absolute atomic E-state index is 0.0228. The Bertz CT molecular complexity index is 665. The molecule has 2 aromatic rings. The van der Waals surface area contributed by atoms with E-state index >= 15 is 0 Å². The van der Waals surface area contributed by atoms with Crippen molar-refractivity contribution in [2.75, 3.05) is 5.32 Å². The molecule has 0 aliphatic carbocycles. The molecule has 20 heavy (non-hydrogen) atoms. The Kier molecular flexibility index (Phi) is 3.14. The minimum Gasteiger partial charge on any atom is -0.395 e. The van der Waals surface area contributed by atoms with Crippen LogP contribution in [0.3, 0.4) is 0 Å². The van der Waals surface area contributed by atoms with E-state index in [9.17, 15) is 13.2 Å². The summed E-state index contributed by atoms with van der Waals surface area (Å²) in [6, 6.07) is 1.96. The van der Waals surface area contributed by atoms with E-state index in [1.165, 1.54) is 11.3 Å². The van der Waals surface area contributed by atoms with Gasteiger partial charge in [-0.3, -0.25) is 0 Å². The summed E-state index contributed by atoms with van der Waals surface area (Å²) < 4.78 is 48.2. The van der Waals surface area contributed by atoms with Gasteiger partial charge in [0, 0.05) is 23.2 Å². The molecule has 0 saturated heterocycles. The van der Waals surface area contributed by atoms with Gasteiger partial charge in [-0.25, -0.2) is 9.37 Å². The molecule has 1 aromatic heterocycles. The summed E-state index contributed by atoms with van der Waals surface area (Å²) in [7, 11) is 0. The first-order valence-electron chi connectivity index (χ1n) is 5.36. The van der Waals surface area contributed by atoms with Crippen LogP contribution in [0.2, 0.25) is 4.47 Å². The van der Waals surface area contributed by atoms with Crippen LogP contribution in [0.25, 0.3) is 0 Å². The first kappa shape index (κ1) is 13.3. The van der Waals surface area contributed by atoms with Crippen molar-refractivity contribution < 1.29 is 22.6 Å². The zero-order valence-corrected chi connectivity index (χ0v) is 11.2. The molecule has 4 nitrogen and oxygen atoms in total. The largest absolute Gasteiger partial charge is 0.586 e. The van der Waals surface area contributed by atoms with Crippen LogP contribution in [0.5, 0.6) is 11.5 Å². The molecule has 0 fully saturated rings. The van der Waals surface area contributed by atoms with Crippen molar-refractivity contribution in [1.29, 1.82) is 0 Å². The fourth-order valence-electron chi connectivity index (χ4n) is 1.65. The van der Waals surface area contributed by atoms with Crippen molar-refractivity contribution in [1.82, 2.24) is 4.98 Å². The molecule has 1 aromatic carbocycles. The predicted octanol–water partition coefficient (Wildman–Crippen LogP) is 3.87. The number of rotatable bonds is 3. The summed E-state index contributed by atoms with van der Waals surface area (Å²) in [5, 5.41) is 2.76. The molecule has 2 heterocycles. The molecule has 0 bridgehead atoms. The van der Waals surface area contributed by atoms with E-state index in [2.05, 4.69) is 19.8 Å². The van der Waals surface area contributed by atoms with Gasteiger partial charge in [0.25, 0.3) is 0 Å². The fraction of sp³-hybridized carbons (Fsp3) is 0.182. The van der Waals surface area contributed by atoms with Gasteiger partial charge in [-0.15, -0.1) is 20.1 Å². The van der Waals surface area contributed by atoms with Crippen LogP contribution in [-0.2, 0) is 6.54 Å². The minimum atomic E-state index is -3.77. The highest BCUT2D eigenvalue weighted by Crippen LogP contribution is 2.43. The molecule has 106 valence electrons. The van der Waals surface area contributed by atoms with Crippen molar-refractivity contribution in [3.05, 3.63) is 33.5 Å². The summed E-state index contributed by atoms with van der Waals surface area (Å²) in [6.07, 6.45) is -2.22. The Hall–Kier alpha value is -1.67. The summed E-state index contributed by atoms with van der Waals surface area (Å²) in [4.78, 5) is 4.61. The molecule has 0 spiro atoms. The van der Waals surface area contributed by atoms with E-state index in [1.807, 2.05) is 0 Å². The zero-order chi connectivity index (χ0) is 14.3. The third-order valence-corrected chi connectivity index (χ3v) is 3.58. The van der Waals surface area contributed by atoms with Crippen LogP contribution in [0, 0.1) is 5.82 Å². The molecule has 0 unspecified atom stereocenters.